The van der Waals surface area contributed by atoms with Gasteiger partial charge in [0.05, 0.1) is 28.9 Å². The van der Waals surface area contributed by atoms with Crippen molar-refractivity contribution in [2.45, 2.75) is 17.7 Å². The molecule has 0 aliphatic carbocycles. The number of benzene rings is 3. The second-order valence-corrected chi connectivity index (χ2v) is 9.41. The Morgan fingerprint density at radius 1 is 1.03 bits per heavy atom. The summed E-state index contributed by atoms with van der Waals surface area (Å²) in [5.74, 6) is -4.05. The van der Waals surface area contributed by atoms with Gasteiger partial charge in [0.25, 0.3) is 10.0 Å². The fourth-order valence-electron chi connectivity index (χ4n) is 3.47. The van der Waals surface area contributed by atoms with E-state index >= 15 is 0 Å². The van der Waals surface area contributed by atoms with E-state index in [0.717, 1.165) is 25.3 Å². The SMILES string of the molecule is COc1c(Cl)cc2cc1S(=O)(=O)Nc1cc(c(F)cc1F)-c1cc(C(F)(F)F)ccc1COC2=O. The van der Waals surface area contributed by atoms with Gasteiger partial charge in [-0.3, -0.25) is 4.72 Å². The van der Waals surface area contributed by atoms with E-state index in [1.165, 1.54) is 0 Å². The van der Waals surface area contributed by atoms with Crippen LogP contribution in [0.4, 0.5) is 27.6 Å². The van der Waals surface area contributed by atoms with Gasteiger partial charge in [0.1, 0.15) is 23.1 Å². The van der Waals surface area contributed by atoms with E-state index in [9.17, 15) is 35.2 Å². The van der Waals surface area contributed by atoms with Crippen LogP contribution in [0.1, 0.15) is 21.5 Å². The molecule has 0 saturated heterocycles. The molecule has 13 heteroatoms. The summed E-state index contributed by atoms with van der Waals surface area (Å²) in [5.41, 5.74) is -3.24. The van der Waals surface area contributed by atoms with Gasteiger partial charge in [-0.25, -0.2) is 22.0 Å². The summed E-state index contributed by atoms with van der Waals surface area (Å²) in [7, 11) is -3.59. The Balaban J connectivity index is 2.02. The molecule has 3 aromatic carbocycles. The molecule has 4 rings (SSSR count). The van der Waals surface area contributed by atoms with Crippen molar-refractivity contribution in [2.24, 2.45) is 0 Å². The highest BCUT2D eigenvalue weighted by molar-refractivity contribution is 7.92. The molecule has 0 atom stereocenters. The van der Waals surface area contributed by atoms with E-state index in [-0.39, 0.29) is 27.5 Å². The summed E-state index contributed by atoms with van der Waals surface area (Å²) in [6, 6.07) is 5.25. The molecule has 0 amide bonds. The van der Waals surface area contributed by atoms with Crippen LogP contribution in [0.15, 0.2) is 47.4 Å². The van der Waals surface area contributed by atoms with Gasteiger partial charge in [-0.15, -0.1) is 0 Å². The molecule has 3 aromatic rings. The first kappa shape index (κ1) is 24.7. The zero-order valence-electron chi connectivity index (χ0n) is 17.5. The monoisotopic (exact) mass is 533 g/mol. The van der Waals surface area contributed by atoms with Gasteiger partial charge in [-0.1, -0.05) is 17.7 Å². The van der Waals surface area contributed by atoms with Gasteiger partial charge in [0.2, 0.25) is 0 Å². The number of sulfonamides is 1. The minimum absolute atomic E-state index is 0.0512. The Bertz CT molecular complexity index is 1470. The van der Waals surface area contributed by atoms with Gasteiger partial charge < -0.3 is 9.47 Å². The third-order valence-electron chi connectivity index (χ3n) is 5.13. The lowest BCUT2D eigenvalue weighted by Crippen LogP contribution is -2.16. The molecule has 6 nitrogen and oxygen atoms in total. The third kappa shape index (κ3) is 4.63. The van der Waals surface area contributed by atoms with Crippen molar-refractivity contribution in [3.05, 3.63) is 75.8 Å². The number of nitrogens with one attached hydrogen (secondary N) is 1. The molecular weight excluding hydrogens is 521 g/mol. The zero-order chi connectivity index (χ0) is 25.7. The molecule has 1 aliphatic heterocycles. The molecule has 4 bridgehead atoms. The number of rotatable bonds is 1. The van der Waals surface area contributed by atoms with E-state index < -0.39 is 62.1 Å². The third-order valence-corrected chi connectivity index (χ3v) is 6.78. The van der Waals surface area contributed by atoms with Crippen LogP contribution in [0.25, 0.3) is 11.1 Å². The number of carbonyl (C=O) groups is 1. The number of carbonyl (C=O) groups excluding carboxylic acids is 1. The van der Waals surface area contributed by atoms with Gasteiger partial charge >= 0.3 is 12.1 Å². The first-order valence-corrected chi connectivity index (χ1v) is 11.4. The maximum atomic E-state index is 14.8. The highest BCUT2D eigenvalue weighted by atomic mass is 35.5. The number of hydrogen-bond acceptors (Lipinski definition) is 5. The molecule has 0 fully saturated rings. The smallest absolute Gasteiger partial charge is 0.416 e. The van der Waals surface area contributed by atoms with Crippen molar-refractivity contribution in [1.82, 2.24) is 0 Å². The average Bonchev–Trinajstić information content (AvgIpc) is 2.77. The minimum Gasteiger partial charge on any atom is -0.494 e. The lowest BCUT2D eigenvalue weighted by atomic mass is 9.96. The Morgan fingerprint density at radius 3 is 2.40 bits per heavy atom. The lowest BCUT2D eigenvalue weighted by Gasteiger charge is -2.16. The summed E-state index contributed by atoms with van der Waals surface area (Å²) in [4.78, 5) is 12.0. The number of fused-ring (bicyclic) bond motifs is 6. The van der Waals surface area contributed by atoms with E-state index in [0.29, 0.717) is 24.3 Å². The summed E-state index contributed by atoms with van der Waals surface area (Å²) < 4.78 is 108. The second-order valence-electron chi connectivity index (χ2n) is 7.35. The van der Waals surface area contributed by atoms with Crippen LogP contribution in [-0.4, -0.2) is 21.5 Å². The van der Waals surface area contributed by atoms with Gasteiger partial charge in [-0.05, 0) is 41.5 Å². The predicted octanol–water partition coefficient (Wildman–Crippen LogP) is 5.78. The molecule has 1 heterocycles. The summed E-state index contributed by atoms with van der Waals surface area (Å²) in [6.45, 7) is -0.613. The number of halogens is 6. The largest absolute Gasteiger partial charge is 0.494 e. The maximum Gasteiger partial charge on any atom is 0.416 e. The Hall–Kier alpha value is -3.38. The van der Waals surface area contributed by atoms with Gasteiger partial charge in [-0.2, -0.15) is 13.2 Å². The zero-order valence-corrected chi connectivity index (χ0v) is 19.0. The van der Waals surface area contributed by atoms with E-state index in [2.05, 4.69) is 0 Å². The van der Waals surface area contributed by atoms with Crippen molar-refractivity contribution in [3.8, 4) is 16.9 Å². The molecule has 1 aliphatic rings. The molecule has 0 spiro atoms. The summed E-state index contributed by atoms with van der Waals surface area (Å²) in [6.07, 6.45) is -4.81. The van der Waals surface area contributed by atoms with Crippen molar-refractivity contribution in [1.29, 1.82) is 0 Å². The highest BCUT2D eigenvalue weighted by Crippen LogP contribution is 2.39. The summed E-state index contributed by atoms with van der Waals surface area (Å²) in [5, 5.41) is -0.285. The van der Waals surface area contributed by atoms with E-state index in [1.807, 2.05) is 4.72 Å². The minimum atomic E-state index is -4.81. The van der Waals surface area contributed by atoms with Crippen LogP contribution in [0.3, 0.4) is 0 Å². The molecule has 0 radical (unpaired) electrons. The van der Waals surface area contributed by atoms with Crippen molar-refractivity contribution in [3.63, 3.8) is 0 Å². The van der Waals surface area contributed by atoms with Crippen LogP contribution in [0.2, 0.25) is 5.02 Å². The van der Waals surface area contributed by atoms with Crippen LogP contribution in [0, 0.1) is 11.6 Å². The van der Waals surface area contributed by atoms with Crippen LogP contribution in [0.5, 0.6) is 5.75 Å². The quantitative estimate of drug-likeness (QED) is 0.317. The standard InChI is InChI=1S/C22H13ClF5NO5S/c1-33-20-15(23)4-11-5-19(20)35(31,32)29-18-7-14(16(24)8-17(18)25)13-6-12(22(26,27)28)3-2-10(13)9-34-21(11)30/h2-8,29H,9H2,1H3. The molecule has 0 unspecified atom stereocenters. The van der Waals surface area contributed by atoms with Crippen LogP contribution in [-0.2, 0) is 27.5 Å². The van der Waals surface area contributed by atoms with Crippen molar-refractivity contribution >= 4 is 33.3 Å². The number of anilines is 1. The molecule has 184 valence electrons. The number of ether oxygens (including phenoxy) is 2. The van der Waals surface area contributed by atoms with Crippen LogP contribution < -0.4 is 9.46 Å². The second kappa shape index (κ2) is 8.68. The molecule has 0 saturated carbocycles. The fraction of sp³-hybridized carbons (Fsp3) is 0.136. The number of hydrogen-bond donors (Lipinski definition) is 1. The first-order chi connectivity index (χ1) is 16.3. The predicted molar refractivity (Wildman–Crippen MR) is 115 cm³/mol. The highest BCUT2D eigenvalue weighted by Gasteiger charge is 2.32. The normalized spacial score (nSPS) is 15.0. The van der Waals surface area contributed by atoms with E-state index in [1.54, 1.807) is 0 Å². The number of cyclic esters (lactones) is 1. The first-order valence-electron chi connectivity index (χ1n) is 9.59. The summed E-state index contributed by atoms with van der Waals surface area (Å²) >= 11 is 6.07. The van der Waals surface area contributed by atoms with Crippen molar-refractivity contribution < 1.29 is 44.6 Å². The molecule has 1 N–H and O–H groups in total. The number of alkyl halides is 3. The Morgan fingerprint density at radius 2 is 1.74 bits per heavy atom. The number of methoxy groups -OCH3 is 1. The average molecular weight is 534 g/mol. The molecule has 0 aromatic heterocycles. The molecular formula is C22H13ClF5NO5S. The fourth-order valence-corrected chi connectivity index (χ4v) is 5.10. The van der Waals surface area contributed by atoms with E-state index in [4.69, 9.17) is 21.1 Å². The topological polar surface area (TPSA) is 81.7 Å². The van der Waals surface area contributed by atoms with Crippen molar-refractivity contribution in [2.75, 3.05) is 11.8 Å². The lowest BCUT2D eigenvalue weighted by molar-refractivity contribution is -0.137. The maximum absolute atomic E-state index is 14.8. The Labute approximate surface area is 200 Å². The molecule has 35 heavy (non-hydrogen) atoms. The van der Waals surface area contributed by atoms with Crippen LogP contribution >= 0.6 is 11.6 Å². The number of esters is 1. The van der Waals surface area contributed by atoms with Gasteiger partial charge in [0.15, 0.2) is 5.75 Å². The Kier molecular flexibility index (Phi) is 6.14. The van der Waals surface area contributed by atoms with Gasteiger partial charge in [0, 0.05) is 11.6 Å².